The Morgan fingerprint density at radius 3 is 2.69 bits per heavy atom. The van der Waals surface area contributed by atoms with Crippen LogP contribution in [0.25, 0.3) is 0 Å². The largest absolute Gasteiger partial charge is 0.362 e. The molecule has 0 aliphatic heterocycles. The average Bonchev–Trinajstić information content (AvgIpc) is 2.61. The molecule has 0 fully saturated rings. The standard InChI is InChI=1S/C10H19N5S/c1-7(2)5-11-10(16)13-8(3)9-14-12-6-15(9)4/h6-8H,5H2,1-4H3,(H2,11,13,16). The molecule has 1 atom stereocenters. The molecule has 1 aromatic rings. The van der Waals surface area contributed by atoms with Gasteiger partial charge in [0.15, 0.2) is 10.9 Å². The van der Waals surface area contributed by atoms with E-state index in [1.54, 1.807) is 6.33 Å². The number of aryl methyl sites for hydroxylation is 1. The summed E-state index contributed by atoms with van der Waals surface area (Å²) < 4.78 is 1.88. The number of rotatable bonds is 4. The first-order valence-electron chi connectivity index (χ1n) is 5.39. The number of nitrogens with one attached hydrogen (secondary N) is 2. The summed E-state index contributed by atoms with van der Waals surface area (Å²) in [5.74, 6) is 1.44. The van der Waals surface area contributed by atoms with Crippen molar-refractivity contribution >= 4 is 17.3 Å². The zero-order valence-corrected chi connectivity index (χ0v) is 11.0. The quantitative estimate of drug-likeness (QED) is 0.770. The molecule has 0 aliphatic carbocycles. The van der Waals surface area contributed by atoms with Crippen molar-refractivity contribution in [3.8, 4) is 0 Å². The molecule has 1 unspecified atom stereocenters. The zero-order chi connectivity index (χ0) is 12.1. The molecular weight excluding hydrogens is 222 g/mol. The highest BCUT2D eigenvalue weighted by atomic mass is 32.1. The summed E-state index contributed by atoms with van der Waals surface area (Å²) in [5, 5.41) is 14.9. The summed E-state index contributed by atoms with van der Waals surface area (Å²) in [6.07, 6.45) is 1.68. The van der Waals surface area contributed by atoms with Gasteiger partial charge in [-0.05, 0) is 25.1 Å². The molecule has 2 N–H and O–H groups in total. The van der Waals surface area contributed by atoms with Crippen LogP contribution in [0.1, 0.15) is 32.6 Å². The lowest BCUT2D eigenvalue weighted by Gasteiger charge is -2.17. The molecule has 0 radical (unpaired) electrons. The van der Waals surface area contributed by atoms with Crippen LogP contribution in [0.3, 0.4) is 0 Å². The number of thiocarbonyl (C=S) groups is 1. The highest BCUT2D eigenvalue weighted by Gasteiger charge is 2.11. The second-order valence-corrected chi connectivity index (χ2v) is 4.68. The van der Waals surface area contributed by atoms with Crippen molar-refractivity contribution in [2.45, 2.75) is 26.8 Å². The fourth-order valence-electron chi connectivity index (χ4n) is 1.29. The Kier molecular flexibility index (Phi) is 4.67. The van der Waals surface area contributed by atoms with Crippen LogP contribution in [0.15, 0.2) is 6.33 Å². The number of hydrogen-bond donors (Lipinski definition) is 2. The lowest BCUT2D eigenvalue weighted by Crippen LogP contribution is -2.39. The van der Waals surface area contributed by atoms with Crippen molar-refractivity contribution in [1.82, 2.24) is 25.4 Å². The molecule has 5 nitrogen and oxygen atoms in total. The van der Waals surface area contributed by atoms with Gasteiger partial charge in [0, 0.05) is 13.6 Å². The summed E-state index contributed by atoms with van der Waals surface area (Å²) in [6, 6.07) is 0.0552. The van der Waals surface area contributed by atoms with E-state index in [1.165, 1.54) is 0 Å². The SMILES string of the molecule is CC(C)CNC(=S)NC(C)c1nncn1C. The maximum atomic E-state index is 5.19. The number of nitrogens with zero attached hydrogens (tertiary/aromatic N) is 3. The van der Waals surface area contributed by atoms with Gasteiger partial charge in [-0.25, -0.2) is 0 Å². The van der Waals surface area contributed by atoms with E-state index < -0.39 is 0 Å². The van der Waals surface area contributed by atoms with Crippen LogP contribution >= 0.6 is 12.2 Å². The summed E-state index contributed by atoms with van der Waals surface area (Å²) in [7, 11) is 1.91. The van der Waals surface area contributed by atoms with Crippen LogP contribution in [0.5, 0.6) is 0 Å². The summed E-state index contributed by atoms with van der Waals surface area (Å²) in [4.78, 5) is 0. The van der Waals surface area contributed by atoms with Gasteiger partial charge in [0.1, 0.15) is 6.33 Å². The molecule has 0 aromatic carbocycles. The third-order valence-corrected chi connectivity index (χ3v) is 2.41. The van der Waals surface area contributed by atoms with Gasteiger partial charge < -0.3 is 15.2 Å². The van der Waals surface area contributed by atoms with E-state index in [4.69, 9.17) is 12.2 Å². The van der Waals surface area contributed by atoms with E-state index in [1.807, 2.05) is 18.5 Å². The Balaban J connectivity index is 2.43. The van der Waals surface area contributed by atoms with E-state index in [0.29, 0.717) is 11.0 Å². The van der Waals surface area contributed by atoms with E-state index >= 15 is 0 Å². The molecule has 0 amide bonds. The van der Waals surface area contributed by atoms with Gasteiger partial charge in [0.05, 0.1) is 6.04 Å². The molecule has 6 heteroatoms. The molecular formula is C10H19N5S. The Labute approximate surface area is 102 Å². The minimum Gasteiger partial charge on any atom is -0.362 e. The topological polar surface area (TPSA) is 54.8 Å². The van der Waals surface area contributed by atoms with Crippen molar-refractivity contribution in [2.75, 3.05) is 6.54 Å². The van der Waals surface area contributed by atoms with Gasteiger partial charge in [0.25, 0.3) is 0 Å². The second-order valence-electron chi connectivity index (χ2n) is 4.27. The monoisotopic (exact) mass is 241 g/mol. The van der Waals surface area contributed by atoms with Crippen molar-refractivity contribution in [3.63, 3.8) is 0 Å². The van der Waals surface area contributed by atoms with E-state index in [2.05, 4.69) is 34.7 Å². The van der Waals surface area contributed by atoms with Crippen molar-refractivity contribution in [1.29, 1.82) is 0 Å². The molecule has 0 saturated heterocycles. The Hall–Kier alpha value is -1.17. The molecule has 0 bridgehead atoms. The van der Waals surface area contributed by atoms with Gasteiger partial charge in [-0.2, -0.15) is 0 Å². The van der Waals surface area contributed by atoms with E-state index in [9.17, 15) is 0 Å². The van der Waals surface area contributed by atoms with Crippen LogP contribution in [0.2, 0.25) is 0 Å². The highest BCUT2D eigenvalue weighted by Crippen LogP contribution is 2.06. The Bertz CT molecular complexity index is 347. The van der Waals surface area contributed by atoms with Gasteiger partial charge >= 0.3 is 0 Å². The molecule has 0 saturated carbocycles. The van der Waals surface area contributed by atoms with Gasteiger partial charge in [0.2, 0.25) is 0 Å². The molecule has 1 rings (SSSR count). The van der Waals surface area contributed by atoms with Gasteiger partial charge in [-0.1, -0.05) is 13.8 Å². The molecule has 0 aliphatic rings. The smallest absolute Gasteiger partial charge is 0.166 e. The minimum atomic E-state index is 0.0552. The van der Waals surface area contributed by atoms with Crippen LogP contribution in [0.4, 0.5) is 0 Å². The van der Waals surface area contributed by atoms with Crippen LogP contribution in [-0.4, -0.2) is 26.4 Å². The van der Waals surface area contributed by atoms with Crippen LogP contribution in [-0.2, 0) is 7.05 Å². The van der Waals surface area contributed by atoms with Gasteiger partial charge in [-0.3, -0.25) is 0 Å². The fraction of sp³-hybridized carbons (Fsp3) is 0.700. The maximum Gasteiger partial charge on any atom is 0.166 e. The summed E-state index contributed by atoms with van der Waals surface area (Å²) in [6.45, 7) is 7.16. The minimum absolute atomic E-state index is 0.0552. The lowest BCUT2D eigenvalue weighted by atomic mass is 10.2. The predicted molar refractivity (Wildman–Crippen MR) is 68.0 cm³/mol. The molecule has 90 valence electrons. The van der Waals surface area contributed by atoms with E-state index in [0.717, 1.165) is 12.4 Å². The van der Waals surface area contributed by atoms with Crippen LogP contribution in [0, 0.1) is 5.92 Å². The predicted octanol–water partition coefficient (Wildman–Crippen LogP) is 0.996. The van der Waals surface area contributed by atoms with Gasteiger partial charge in [-0.15, -0.1) is 10.2 Å². The lowest BCUT2D eigenvalue weighted by molar-refractivity contribution is 0.590. The molecule has 0 spiro atoms. The van der Waals surface area contributed by atoms with Crippen molar-refractivity contribution in [2.24, 2.45) is 13.0 Å². The molecule has 1 heterocycles. The molecule has 16 heavy (non-hydrogen) atoms. The summed E-state index contributed by atoms with van der Waals surface area (Å²) >= 11 is 5.19. The number of aromatic nitrogens is 3. The first kappa shape index (κ1) is 12.9. The first-order valence-corrected chi connectivity index (χ1v) is 5.79. The van der Waals surface area contributed by atoms with Crippen LogP contribution < -0.4 is 10.6 Å². The Morgan fingerprint density at radius 2 is 2.19 bits per heavy atom. The van der Waals surface area contributed by atoms with Crippen molar-refractivity contribution < 1.29 is 0 Å². The summed E-state index contributed by atoms with van der Waals surface area (Å²) in [5.41, 5.74) is 0. The normalized spacial score (nSPS) is 12.6. The second kappa shape index (κ2) is 5.79. The fourth-order valence-corrected chi connectivity index (χ4v) is 1.55. The van der Waals surface area contributed by atoms with Crippen molar-refractivity contribution in [3.05, 3.63) is 12.2 Å². The molecule has 1 aromatic heterocycles. The highest BCUT2D eigenvalue weighted by molar-refractivity contribution is 7.80. The third kappa shape index (κ3) is 3.77. The first-order chi connectivity index (χ1) is 7.50. The Morgan fingerprint density at radius 1 is 1.50 bits per heavy atom. The third-order valence-electron chi connectivity index (χ3n) is 2.15. The zero-order valence-electron chi connectivity index (χ0n) is 10.2. The maximum absolute atomic E-state index is 5.19. The average molecular weight is 241 g/mol. The van der Waals surface area contributed by atoms with E-state index in [-0.39, 0.29) is 6.04 Å². The number of hydrogen-bond acceptors (Lipinski definition) is 3.